The highest BCUT2D eigenvalue weighted by Crippen LogP contribution is 2.23. The molecule has 0 bridgehead atoms. The minimum absolute atomic E-state index is 0.00884. The topological polar surface area (TPSA) is 99.0 Å². The zero-order chi connectivity index (χ0) is 15.0. The van der Waals surface area contributed by atoms with Gasteiger partial charge in [-0.1, -0.05) is 0 Å². The maximum absolute atomic E-state index is 10.7. The maximum atomic E-state index is 10.7. The number of fused-ring (bicyclic) bond motifs is 1. The molecular weight excluding hydrogens is 274 g/mol. The van der Waals surface area contributed by atoms with Gasteiger partial charge in [0, 0.05) is 37.5 Å². The fourth-order valence-electron chi connectivity index (χ4n) is 2.10. The minimum atomic E-state index is -0.458. The van der Waals surface area contributed by atoms with Gasteiger partial charge in [0.2, 0.25) is 0 Å². The van der Waals surface area contributed by atoms with E-state index in [2.05, 4.69) is 15.4 Å². The van der Waals surface area contributed by atoms with Crippen LogP contribution in [0.25, 0.3) is 11.1 Å². The molecular formula is C13H13N5O3. The summed E-state index contributed by atoms with van der Waals surface area (Å²) in [5, 5.41) is 18.0. The van der Waals surface area contributed by atoms with Gasteiger partial charge in [0.25, 0.3) is 11.7 Å². The number of nitro benzene ring substituents is 1. The highest BCUT2D eigenvalue weighted by molar-refractivity contribution is 5.77. The third-order valence-corrected chi connectivity index (χ3v) is 3.13. The van der Waals surface area contributed by atoms with Crippen LogP contribution in [0, 0.1) is 17.0 Å². The van der Waals surface area contributed by atoms with Crippen LogP contribution in [-0.2, 0) is 13.6 Å². The van der Waals surface area contributed by atoms with Crippen LogP contribution >= 0.6 is 0 Å². The number of anilines is 1. The van der Waals surface area contributed by atoms with Crippen molar-refractivity contribution in [1.82, 2.24) is 14.8 Å². The molecule has 1 N–H and O–H groups in total. The van der Waals surface area contributed by atoms with Gasteiger partial charge in [-0.2, -0.15) is 10.1 Å². The summed E-state index contributed by atoms with van der Waals surface area (Å²) in [6, 6.07) is 4.65. The Morgan fingerprint density at radius 2 is 2.29 bits per heavy atom. The van der Waals surface area contributed by atoms with Gasteiger partial charge in [-0.3, -0.25) is 14.8 Å². The number of rotatable bonds is 4. The summed E-state index contributed by atoms with van der Waals surface area (Å²) in [5.74, 6) is 0. The van der Waals surface area contributed by atoms with Crippen LogP contribution in [0.2, 0.25) is 0 Å². The molecule has 0 spiro atoms. The normalized spacial score (nSPS) is 11.0. The van der Waals surface area contributed by atoms with Crippen molar-refractivity contribution in [2.24, 2.45) is 7.05 Å². The van der Waals surface area contributed by atoms with Gasteiger partial charge in [0.1, 0.15) is 5.52 Å². The monoisotopic (exact) mass is 287 g/mol. The van der Waals surface area contributed by atoms with Crippen LogP contribution in [-0.4, -0.2) is 19.7 Å². The average Bonchev–Trinajstić information content (AvgIpc) is 2.97. The first kappa shape index (κ1) is 13.1. The standard InChI is InChI=1S/C13H13N5O3/c1-8-9(7-17(2)16-8)6-14-13-15-11-5-10(18(19)20)3-4-12(11)21-13/h3-5,7H,6H2,1-2H3,(H,14,15). The van der Waals surface area contributed by atoms with Crippen molar-refractivity contribution < 1.29 is 9.34 Å². The fraction of sp³-hybridized carbons (Fsp3) is 0.231. The highest BCUT2D eigenvalue weighted by atomic mass is 16.6. The van der Waals surface area contributed by atoms with Gasteiger partial charge in [-0.05, 0) is 13.0 Å². The van der Waals surface area contributed by atoms with Gasteiger partial charge < -0.3 is 9.73 Å². The van der Waals surface area contributed by atoms with E-state index in [-0.39, 0.29) is 5.69 Å². The summed E-state index contributed by atoms with van der Waals surface area (Å²) in [6.45, 7) is 2.45. The Bertz CT molecular complexity index is 820. The van der Waals surface area contributed by atoms with E-state index in [0.717, 1.165) is 11.3 Å². The number of nitro groups is 1. The van der Waals surface area contributed by atoms with Crippen molar-refractivity contribution in [3.8, 4) is 0 Å². The lowest BCUT2D eigenvalue weighted by Gasteiger charge is -1.98. The molecule has 0 unspecified atom stereocenters. The van der Waals surface area contributed by atoms with E-state index in [1.165, 1.54) is 12.1 Å². The molecule has 0 aliphatic heterocycles. The molecule has 3 rings (SSSR count). The fourth-order valence-corrected chi connectivity index (χ4v) is 2.10. The summed E-state index contributed by atoms with van der Waals surface area (Å²) in [4.78, 5) is 14.5. The van der Waals surface area contributed by atoms with Crippen molar-refractivity contribution >= 4 is 22.8 Å². The lowest BCUT2D eigenvalue weighted by Crippen LogP contribution is -1.99. The van der Waals surface area contributed by atoms with Gasteiger partial charge >= 0.3 is 0 Å². The van der Waals surface area contributed by atoms with E-state index in [1.807, 2.05) is 20.2 Å². The number of oxazole rings is 1. The zero-order valence-electron chi connectivity index (χ0n) is 11.5. The van der Waals surface area contributed by atoms with Gasteiger partial charge in [-0.15, -0.1) is 0 Å². The third-order valence-electron chi connectivity index (χ3n) is 3.13. The molecule has 0 radical (unpaired) electrons. The maximum Gasteiger partial charge on any atom is 0.295 e. The Kier molecular flexibility index (Phi) is 3.05. The van der Waals surface area contributed by atoms with Crippen LogP contribution in [0.3, 0.4) is 0 Å². The van der Waals surface area contributed by atoms with Crippen molar-refractivity contribution in [2.45, 2.75) is 13.5 Å². The molecule has 3 aromatic rings. The first-order valence-electron chi connectivity index (χ1n) is 6.31. The van der Waals surface area contributed by atoms with E-state index in [1.54, 1.807) is 10.7 Å². The lowest BCUT2D eigenvalue weighted by molar-refractivity contribution is -0.384. The zero-order valence-corrected chi connectivity index (χ0v) is 11.5. The molecule has 8 nitrogen and oxygen atoms in total. The molecule has 0 aliphatic carbocycles. The molecule has 8 heteroatoms. The molecule has 108 valence electrons. The number of non-ortho nitro benzene ring substituents is 1. The first-order valence-corrected chi connectivity index (χ1v) is 6.31. The van der Waals surface area contributed by atoms with E-state index in [0.29, 0.717) is 23.7 Å². The minimum Gasteiger partial charge on any atom is -0.424 e. The van der Waals surface area contributed by atoms with Crippen molar-refractivity contribution in [3.63, 3.8) is 0 Å². The predicted octanol–water partition coefficient (Wildman–Crippen LogP) is 2.39. The number of hydrogen-bond donors (Lipinski definition) is 1. The predicted molar refractivity (Wildman–Crippen MR) is 75.9 cm³/mol. The van der Waals surface area contributed by atoms with Crippen molar-refractivity contribution in [2.75, 3.05) is 5.32 Å². The molecule has 0 fully saturated rings. The molecule has 0 amide bonds. The summed E-state index contributed by atoms with van der Waals surface area (Å²) in [6.07, 6.45) is 1.91. The number of benzene rings is 1. The smallest absolute Gasteiger partial charge is 0.295 e. The van der Waals surface area contributed by atoms with E-state index in [9.17, 15) is 10.1 Å². The second kappa shape index (κ2) is 4.89. The Hall–Kier alpha value is -2.90. The quantitative estimate of drug-likeness (QED) is 0.584. The first-order chi connectivity index (χ1) is 10.0. The van der Waals surface area contributed by atoms with Crippen molar-refractivity contribution in [3.05, 3.63) is 45.8 Å². The Morgan fingerprint density at radius 1 is 1.48 bits per heavy atom. The van der Waals surface area contributed by atoms with E-state index < -0.39 is 4.92 Å². The van der Waals surface area contributed by atoms with Crippen LogP contribution in [0.15, 0.2) is 28.8 Å². The second-order valence-corrected chi connectivity index (χ2v) is 4.70. The summed E-state index contributed by atoms with van der Waals surface area (Å²) < 4.78 is 7.24. The SMILES string of the molecule is Cc1nn(C)cc1CNc1nc2cc([N+](=O)[O-])ccc2o1. The average molecular weight is 287 g/mol. The molecule has 0 aliphatic rings. The molecule has 1 aromatic carbocycles. The number of nitrogens with one attached hydrogen (secondary N) is 1. The highest BCUT2D eigenvalue weighted by Gasteiger charge is 2.12. The van der Waals surface area contributed by atoms with Gasteiger partial charge in [0.15, 0.2) is 5.58 Å². The van der Waals surface area contributed by atoms with E-state index in [4.69, 9.17) is 4.42 Å². The van der Waals surface area contributed by atoms with Crippen LogP contribution in [0.5, 0.6) is 0 Å². The summed E-state index contributed by atoms with van der Waals surface area (Å²) in [5.41, 5.74) is 2.91. The largest absolute Gasteiger partial charge is 0.424 e. The van der Waals surface area contributed by atoms with Crippen LogP contribution in [0.4, 0.5) is 11.7 Å². The summed E-state index contributed by atoms with van der Waals surface area (Å²) in [7, 11) is 1.86. The number of aromatic nitrogens is 3. The Morgan fingerprint density at radius 3 is 2.95 bits per heavy atom. The number of hydrogen-bond acceptors (Lipinski definition) is 6. The molecule has 0 atom stereocenters. The molecule has 2 aromatic heterocycles. The summed E-state index contributed by atoms with van der Waals surface area (Å²) >= 11 is 0. The third kappa shape index (κ3) is 2.55. The van der Waals surface area contributed by atoms with E-state index >= 15 is 0 Å². The van der Waals surface area contributed by atoms with Gasteiger partial charge in [-0.25, -0.2) is 0 Å². The van der Waals surface area contributed by atoms with Crippen LogP contribution < -0.4 is 5.32 Å². The molecule has 21 heavy (non-hydrogen) atoms. The van der Waals surface area contributed by atoms with Crippen LogP contribution in [0.1, 0.15) is 11.3 Å². The number of nitrogens with zero attached hydrogens (tertiary/aromatic N) is 4. The Labute approximate surface area is 119 Å². The molecule has 0 saturated carbocycles. The van der Waals surface area contributed by atoms with Gasteiger partial charge in [0.05, 0.1) is 10.6 Å². The molecule has 0 saturated heterocycles. The Balaban J connectivity index is 1.81. The lowest BCUT2D eigenvalue weighted by atomic mass is 10.3. The molecule has 2 heterocycles. The number of aryl methyl sites for hydroxylation is 2. The second-order valence-electron chi connectivity index (χ2n) is 4.70. The van der Waals surface area contributed by atoms with Crippen molar-refractivity contribution in [1.29, 1.82) is 0 Å².